The van der Waals surface area contributed by atoms with Gasteiger partial charge < -0.3 is 4.74 Å². The molecule has 1 fully saturated rings. The maximum atomic E-state index is 5.72. The molecule has 1 heterocycles. The molecule has 2 unspecified atom stereocenters. The van der Waals surface area contributed by atoms with Crippen molar-refractivity contribution in [3.63, 3.8) is 0 Å². The van der Waals surface area contributed by atoms with Crippen LogP contribution in [0.15, 0.2) is 48.6 Å². The van der Waals surface area contributed by atoms with Crippen molar-refractivity contribution < 1.29 is 4.74 Å². The second-order valence-corrected chi connectivity index (χ2v) is 6.82. The predicted molar refractivity (Wildman–Crippen MR) is 95.5 cm³/mol. The Labute approximate surface area is 134 Å². The summed E-state index contributed by atoms with van der Waals surface area (Å²) in [7, 11) is 0. The molecule has 0 N–H and O–H groups in total. The van der Waals surface area contributed by atoms with E-state index in [2.05, 4.69) is 60.7 Å². The van der Waals surface area contributed by atoms with E-state index in [9.17, 15) is 0 Å². The number of benzene rings is 3. The van der Waals surface area contributed by atoms with Crippen LogP contribution in [0.4, 0.5) is 0 Å². The van der Waals surface area contributed by atoms with Gasteiger partial charge in [-0.15, -0.1) is 0 Å². The fraction of sp³-hybridized carbons (Fsp3) is 0.182. The Kier molecular flexibility index (Phi) is 2.17. The molecular formula is C22H16O. The van der Waals surface area contributed by atoms with Gasteiger partial charge in [-0.05, 0) is 68.8 Å². The zero-order valence-corrected chi connectivity index (χ0v) is 12.8. The van der Waals surface area contributed by atoms with Crippen LogP contribution < -0.4 is 0 Å². The molecule has 1 nitrogen and oxygen atoms in total. The van der Waals surface area contributed by atoms with Crippen LogP contribution in [0.1, 0.15) is 34.8 Å². The van der Waals surface area contributed by atoms with Gasteiger partial charge in [-0.25, -0.2) is 0 Å². The van der Waals surface area contributed by atoms with E-state index in [0.717, 1.165) is 12.8 Å². The summed E-state index contributed by atoms with van der Waals surface area (Å²) in [6.45, 7) is 0. The van der Waals surface area contributed by atoms with E-state index in [1.807, 2.05) is 0 Å². The minimum absolute atomic E-state index is 0.295. The molecule has 110 valence electrons. The number of hydrogen-bond acceptors (Lipinski definition) is 1. The standard InChI is InChI=1S/C22H16O/c1-2-4-16-13(3-1)5-6-14-12-20-15(11-19(14)16)7-8-18-17(20)9-10-21-22(18)23-21/h1,3,5-12,21-22H,2,4H2. The van der Waals surface area contributed by atoms with E-state index in [-0.39, 0.29) is 0 Å². The Morgan fingerprint density at radius 3 is 2.78 bits per heavy atom. The molecule has 3 aromatic rings. The van der Waals surface area contributed by atoms with Gasteiger partial charge in [-0.1, -0.05) is 48.6 Å². The highest BCUT2D eigenvalue weighted by Gasteiger charge is 2.41. The number of hydrogen-bond donors (Lipinski definition) is 0. The van der Waals surface area contributed by atoms with Gasteiger partial charge in [-0.2, -0.15) is 0 Å². The molecule has 0 bridgehead atoms. The van der Waals surface area contributed by atoms with Crippen molar-refractivity contribution in [3.8, 4) is 0 Å². The molecule has 1 aliphatic heterocycles. The molecule has 6 rings (SSSR count). The zero-order valence-electron chi connectivity index (χ0n) is 12.8. The van der Waals surface area contributed by atoms with Gasteiger partial charge in [0.1, 0.15) is 12.2 Å². The minimum Gasteiger partial charge on any atom is -0.360 e. The average Bonchev–Trinajstić information content (AvgIpc) is 3.40. The van der Waals surface area contributed by atoms with Crippen LogP contribution in [0.5, 0.6) is 0 Å². The molecule has 0 saturated carbocycles. The third-order valence-electron chi connectivity index (χ3n) is 5.52. The van der Waals surface area contributed by atoms with Crippen LogP contribution in [-0.2, 0) is 11.2 Å². The van der Waals surface area contributed by atoms with E-state index in [4.69, 9.17) is 4.74 Å². The normalized spacial score (nSPS) is 23.7. The lowest BCUT2D eigenvalue weighted by Crippen LogP contribution is -1.98. The number of allylic oxidation sites excluding steroid dienone is 1. The molecule has 0 radical (unpaired) electrons. The summed E-state index contributed by atoms with van der Waals surface area (Å²) < 4.78 is 5.72. The third-order valence-corrected chi connectivity index (χ3v) is 5.52. The van der Waals surface area contributed by atoms with Gasteiger partial charge in [0.15, 0.2) is 0 Å². The number of epoxide rings is 1. The Balaban J connectivity index is 1.70. The van der Waals surface area contributed by atoms with Crippen molar-refractivity contribution in [2.75, 3.05) is 0 Å². The molecule has 0 aromatic heterocycles. The van der Waals surface area contributed by atoms with E-state index in [1.54, 1.807) is 0 Å². The van der Waals surface area contributed by atoms with Gasteiger partial charge in [0.25, 0.3) is 0 Å². The van der Waals surface area contributed by atoms with Crippen LogP contribution in [0, 0.1) is 0 Å². The van der Waals surface area contributed by atoms with Crippen LogP contribution in [-0.4, -0.2) is 6.10 Å². The lowest BCUT2D eigenvalue weighted by molar-refractivity contribution is 0.395. The lowest BCUT2D eigenvalue weighted by atomic mass is 9.87. The summed E-state index contributed by atoms with van der Waals surface area (Å²) >= 11 is 0. The summed E-state index contributed by atoms with van der Waals surface area (Å²) in [4.78, 5) is 0. The largest absolute Gasteiger partial charge is 0.360 e. The molecule has 23 heavy (non-hydrogen) atoms. The van der Waals surface area contributed by atoms with Gasteiger partial charge in [0.2, 0.25) is 0 Å². The summed E-state index contributed by atoms with van der Waals surface area (Å²) in [6, 6.07) is 13.8. The van der Waals surface area contributed by atoms with Crippen LogP contribution in [0.2, 0.25) is 0 Å². The molecule has 0 spiro atoms. The first-order chi connectivity index (χ1) is 11.4. The first kappa shape index (κ1) is 12.1. The van der Waals surface area contributed by atoms with E-state index in [0.29, 0.717) is 12.2 Å². The maximum absolute atomic E-state index is 5.72. The monoisotopic (exact) mass is 296 g/mol. The van der Waals surface area contributed by atoms with Gasteiger partial charge in [0.05, 0.1) is 0 Å². The summed E-state index contributed by atoms with van der Waals surface area (Å²) in [6.07, 6.45) is 11.9. The number of rotatable bonds is 0. The number of fused-ring (bicyclic) bond motifs is 8. The number of aryl methyl sites for hydroxylation is 1. The molecule has 0 amide bonds. The Morgan fingerprint density at radius 2 is 1.78 bits per heavy atom. The maximum Gasteiger partial charge on any atom is 0.114 e. The third kappa shape index (κ3) is 1.60. The van der Waals surface area contributed by atoms with Crippen molar-refractivity contribution >= 4 is 33.7 Å². The second-order valence-electron chi connectivity index (χ2n) is 6.82. The molecule has 1 heteroatoms. The summed E-state index contributed by atoms with van der Waals surface area (Å²) in [5.41, 5.74) is 5.59. The Bertz CT molecular complexity index is 1050. The van der Waals surface area contributed by atoms with Crippen molar-refractivity contribution in [1.82, 2.24) is 0 Å². The fourth-order valence-corrected chi connectivity index (χ4v) is 4.28. The van der Waals surface area contributed by atoms with E-state index < -0.39 is 0 Å². The highest BCUT2D eigenvalue weighted by molar-refractivity contribution is 6.04. The second kappa shape index (κ2) is 4.12. The van der Waals surface area contributed by atoms with Crippen LogP contribution in [0.3, 0.4) is 0 Å². The summed E-state index contributed by atoms with van der Waals surface area (Å²) in [5, 5.41) is 5.46. The molecule has 1 saturated heterocycles. The van der Waals surface area contributed by atoms with Crippen molar-refractivity contribution in [2.24, 2.45) is 0 Å². The fourth-order valence-electron chi connectivity index (χ4n) is 4.28. The van der Waals surface area contributed by atoms with Crippen molar-refractivity contribution in [1.29, 1.82) is 0 Å². The quantitative estimate of drug-likeness (QED) is 0.398. The van der Waals surface area contributed by atoms with E-state index >= 15 is 0 Å². The Morgan fingerprint density at radius 1 is 0.913 bits per heavy atom. The molecule has 3 aromatic carbocycles. The highest BCUT2D eigenvalue weighted by atomic mass is 16.6. The molecule has 2 atom stereocenters. The average molecular weight is 296 g/mol. The smallest absolute Gasteiger partial charge is 0.114 e. The van der Waals surface area contributed by atoms with Gasteiger partial charge >= 0.3 is 0 Å². The number of ether oxygens (including phenoxy) is 1. The van der Waals surface area contributed by atoms with Crippen LogP contribution >= 0.6 is 0 Å². The zero-order chi connectivity index (χ0) is 15.0. The van der Waals surface area contributed by atoms with Gasteiger partial charge in [0, 0.05) is 0 Å². The lowest BCUT2D eigenvalue weighted by Gasteiger charge is -2.16. The van der Waals surface area contributed by atoms with Crippen molar-refractivity contribution in [3.05, 3.63) is 70.8 Å². The first-order valence-electron chi connectivity index (χ1n) is 8.41. The highest BCUT2D eigenvalue weighted by Crippen LogP contribution is 2.47. The van der Waals surface area contributed by atoms with Crippen LogP contribution in [0.25, 0.3) is 33.7 Å². The SMILES string of the molecule is C1=Cc2ccc3cc4c5c(ccc4cc3c2CC1)C1OC1C=C5. The molecular weight excluding hydrogens is 280 g/mol. The topological polar surface area (TPSA) is 12.5 Å². The predicted octanol–water partition coefficient (Wildman–Crippen LogP) is 5.42. The molecule has 2 aliphatic carbocycles. The minimum atomic E-state index is 0.295. The van der Waals surface area contributed by atoms with E-state index in [1.165, 1.54) is 43.8 Å². The van der Waals surface area contributed by atoms with Crippen molar-refractivity contribution in [2.45, 2.75) is 25.0 Å². The molecule has 3 aliphatic rings. The Hall–Kier alpha value is -2.38. The summed E-state index contributed by atoms with van der Waals surface area (Å²) in [5.74, 6) is 0. The first-order valence-corrected chi connectivity index (χ1v) is 8.41. The van der Waals surface area contributed by atoms with Gasteiger partial charge in [-0.3, -0.25) is 0 Å².